The Morgan fingerprint density at radius 3 is 2.76 bits per heavy atom. The van der Waals surface area contributed by atoms with Gasteiger partial charge in [-0.05, 0) is 71.1 Å². The Kier molecular flexibility index (Phi) is 5.50. The molecule has 126 valence electrons. The molecule has 1 aromatic heterocycles. The van der Waals surface area contributed by atoms with Crippen LogP contribution in [-0.2, 0) is 9.53 Å². The number of esters is 1. The molecule has 3 aromatic rings. The Morgan fingerprint density at radius 1 is 1.12 bits per heavy atom. The van der Waals surface area contributed by atoms with Crippen molar-refractivity contribution in [2.45, 2.75) is 0 Å². The quantitative estimate of drug-likeness (QED) is 0.354. The average Bonchev–Trinajstić information content (AvgIpc) is 2.59. The first-order chi connectivity index (χ1) is 12.0. The van der Waals surface area contributed by atoms with E-state index in [2.05, 4.69) is 32.9 Å². The summed E-state index contributed by atoms with van der Waals surface area (Å²) in [6, 6.07) is 15.7. The van der Waals surface area contributed by atoms with Gasteiger partial charge in [-0.2, -0.15) is 0 Å². The predicted molar refractivity (Wildman–Crippen MR) is 105 cm³/mol. The zero-order valence-electron chi connectivity index (χ0n) is 12.8. The van der Waals surface area contributed by atoms with E-state index < -0.39 is 11.9 Å². The number of fused-ring (bicyclic) bond motifs is 1. The van der Waals surface area contributed by atoms with Gasteiger partial charge in [0.2, 0.25) is 0 Å². The van der Waals surface area contributed by atoms with Gasteiger partial charge in [0.1, 0.15) is 5.15 Å². The topological polar surface area (TPSA) is 68.3 Å². The second-order valence-electron chi connectivity index (χ2n) is 5.18. The maximum Gasteiger partial charge on any atom is 0.338 e. The van der Waals surface area contributed by atoms with E-state index in [0.717, 1.165) is 8.96 Å². The molecule has 7 heteroatoms. The first-order valence-corrected chi connectivity index (χ1v) is 8.76. The molecule has 0 spiro atoms. The molecular formula is C18H12ClIN2O3. The first-order valence-electron chi connectivity index (χ1n) is 7.30. The van der Waals surface area contributed by atoms with Gasteiger partial charge in [0.05, 0.1) is 11.1 Å². The van der Waals surface area contributed by atoms with E-state index in [-0.39, 0.29) is 6.61 Å². The number of pyridine rings is 1. The summed E-state index contributed by atoms with van der Waals surface area (Å²) < 4.78 is 6.06. The summed E-state index contributed by atoms with van der Waals surface area (Å²) in [5.74, 6) is -0.973. The molecule has 25 heavy (non-hydrogen) atoms. The van der Waals surface area contributed by atoms with Gasteiger partial charge in [0.15, 0.2) is 6.61 Å². The maximum atomic E-state index is 12.1. The van der Waals surface area contributed by atoms with E-state index in [1.165, 1.54) is 0 Å². The summed E-state index contributed by atoms with van der Waals surface area (Å²) in [4.78, 5) is 28.2. The molecule has 0 aliphatic heterocycles. The molecule has 0 bridgehead atoms. The van der Waals surface area contributed by atoms with E-state index in [0.29, 0.717) is 21.9 Å². The van der Waals surface area contributed by atoms with E-state index in [1.54, 1.807) is 36.4 Å². The molecule has 0 saturated heterocycles. The van der Waals surface area contributed by atoms with Crippen molar-refractivity contribution in [2.75, 3.05) is 11.9 Å². The van der Waals surface area contributed by atoms with Crippen LogP contribution < -0.4 is 5.32 Å². The number of benzene rings is 2. The van der Waals surface area contributed by atoms with Crippen molar-refractivity contribution < 1.29 is 14.3 Å². The highest BCUT2D eigenvalue weighted by Gasteiger charge is 2.11. The van der Waals surface area contributed by atoms with Crippen molar-refractivity contribution in [3.63, 3.8) is 0 Å². The zero-order chi connectivity index (χ0) is 17.8. The third-order valence-electron chi connectivity index (χ3n) is 3.33. The molecule has 0 aliphatic carbocycles. The minimum atomic E-state index is -0.574. The van der Waals surface area contributed by atoms with Crippen molar-refractivity contribution in [3.8, 4) is 0 Å². The van der Waals surface area contributed by atoms with Crippen LogP contribution >= 0.6 is 34.2 Å². The molecule has 2 aromatic carbocycles. The van der Waals surface area contributed by atoms with E-state index in [1.807, 2.05) is 18.2 Å². The molecule has 5 nitrogen and oxygen atoms in total. The summed E-state index contributed by atoms with van der Waals surface area (Å²) in [7, 11) is 0. The SMILES string of the molecule is O=C(COC(=O)c1ccc2nc(Cl)ccc2c1)Nc1cccc(I)c1. The minimum absolute atomic E-state index is 0.346. The second kappa shape index (κ2) is 7.79. The fraction of sp³-hybridized carbons (Fsp3) is 0.0556. The van der Waals surface area contributed by atoms with Gasteiger partial charge in [-0.25, -0.2) is 9.78 Å². The van der Waals surface area contributed by atoms with Crippen LogP contribution in [0.15, 0.2) is 54.6 Å². The molecule has 0 unspecified atom stereocenters. The lowest BCUT2D eigenvalue weighted by Crippen LogP contribution is -2.20. The van der Waals surface area contributed by atoms with Gasteiger partial charge in [0.25, 0.3) is 5.91 Å². The number of nitrogens with one attached hydrogen (secondary N) is 1. The Hall–Kier alpha value is -2.19. The normalized spacial score (nSPS) is 10.5. The van der Waals surface area contributed by atoms with Crippen molar-refractivity contribution in [1.29, 1.82) is 0 Å². The highest BCUT2D eigenvalue weighted by molar-refractivity contribution is 14.1. The van der Waals surface area contributed by atoms with Gasteiger partial charge in [-0.15, -0.1) is 0 Å². The average molecular weight is 467 g/mol. The number of nitrogens with zero attached hydrogens (tertiary/aromatic N) is 1. The molecule has 0 atom stereocenters. The Balaban J connectivity index is 1.62. The molecule has 3 rings (SSSR count). The van der Waals surface area contributed by atoms with Gasteiger partial charge in [-0.1, -0.05) is 17.7 Å². The Bertz CT molecular complexity index is 962. The van der Waals surface area contributed by atoms with Crippen LogP contribution in [0.1, 0.15) is 10.4 Å². The van der Waals surface area contributed by atoms with E-state index in [9.17, 15) is 9.59 Å². The zero-order valence-corrected chi connectivity index (χ0v) is 15.7. The van der Waals surface area contributed by atoms with Gasteiger partial charge < -0.3 is 10.1 Å². The van der Waals surface area contributed by atoms with E-state index >= 15 is 0 Å². The van der Waals surface area contributed by atoms with Crippen LogP contribution in [0.3, 0.4) is 0 Å². The Labute approximate surface area is 162 Å². The van der Waals surface area contributed by atoms with Crippen LogP contribution in [0.5, 0.6) is 0 Å². The monoisotopic (exact) mass is 466 g/mol. The summed E-state index contributed by atoms with van der Waals surface area (Å²) >= 11 is 7.98. The fourth-order valence-electron chi connectivity index (χ4n) is 2.21. The van der Waals surface area contributed by atoms with E-state index in [4.69, 9.17) is 16.3 Å². The number of aromatic nitrogens is 1. The van der Waals surface area contributed by atoms with Gasteiger partial charge in [-0.3, -0.25) is 4.79 Å². The predicted octanol–water partition coefficient (Wildman–Crippen LogP) is 4.29. The maximum absolute atomic E-state index is 12.1. The van der Waals surface area contributed by atoms with Gasteiger partial charge in [0, 0.05) is 14.6 Å². The number of hydrogen-bond acceptors (Lipinski definition) is 4. The molecule has 1 amide bonds. The molecule has 0 fully saturated rings. The molecule has 1 N–H and O–H groups in total. The molecule has 0 radical (unpaired) electrons. The number of amides is 1. The molecular weight excluding hydrogens is 455 g/mol. The number of halogens is 2. The van der Waals surface area contributed by atoms with Crippen molar-refractivity contribution in [3.05, 3.63) is 68.9 Å². The molecule has 0 aliphatic rings. The van der Waals surface area contributed by atoms with Crippen molar-refractivity contribution in [1.82, 2.24) is 4.98 Å². The van der Waals surface area contributed by atoms with Crippen LogP contribution in [0.2, 0.25) is 5.15 Å². The van der Waals surface area contributed by atoms with Crippen LogP contribution in [0, 0.1) is 3.57 Å². The smallest absolute Gasteiger partial charge is 0.338 e. The summed E-state index contributed by atoms with van der Waals surface area (Å²) in [6.07, 6.45) is 0. The number of anilines is 1. The summed E-state index contributed by atoms with van der Waals surface area (Å²) in [5.41, 5.74) is 1.68. The lowest BCUT2D eigenvalue weighted by molar-refractivity contribution is -0.119. The standard InChI is InChI=1S/C18H12ClIN2O3/c19-16-7-5-11-8-12(4-6-15(11)22-16)18(24)25-10-17(23)21-14-3-1-2-13(20)9-14/h1-9H,10H2,(H,21,23). The highest BCUT2D eigenvalue weighted by atomic mass is 127. The number of hydrogen-bond donors (Lipinski definition) is 1. The largest absolute Gasteiger partial charge is 0.452 e. The molecule has 0 saturated carbocycles. The number of ether oxygens (including phenoxy) is 1. The fourth-order valence-corrected chi connectivity index (χ4v) is 2.90. The summed E-state index contributed by atoms with van der Waals surface area (Å²) in [6.45, 7) is -0.360. The minimum Gasteiger partial charge on any atom is -0.452 e. The summed E-state index contributed by atoms with van der Waals surface area (Å²) in [5, 5.41) is 3.83. The first kappa shape index (κ1) is 17.6. The second-order valence-corrected chi connectivity index (χ2v) is 6.81. The lowest BCUT2D eigenvalue weighted by atomic mass is 10.1. The highest BCUT2D eigenvalue weighted by Crippen LogP contribution is 2.18. The number of carbonyl (C=O) groups excluding carboxylic acids is 2. The van der Waals surface area contributed by atoms with Crippen molar-refractivity contribution >= 4 is 62.7 Å². The van der Waals surface area contributed by atoms with Crippen LogP contribution in [-0.4, -0.2) is 23.5 Å². The molecule has 1 heterocycles. The lowest BCUT2D eigenvalue weighted by Gasteiger charge is -2.07. The van der Waals surface area contributed by atoms with Crippen molar-refractivity contribution in [2.24, 2.45) is 0 Å². The number of rotatable bonds is 4. The van der Waals surface area contributed by atoms with Gasteiger partial charge >= 0.3 is 5.97 Å². The third kappa shape index (κ3) is 4.67. The Morgan fingerprint density at radius 2 is 1.96 bits per heavy atom. The van der Waals surface area contributed by atoms with Crippen LogP contribution in [0.25, 0.3) is 10.9 Å². The number of carbonyl (C=O) groups is 2. The third-order valence-corrected chi connectivity index (χ3v) is 4.22. The van der Waals surface area contributed by atoms with Crippen LogP contribution in [0.4, 0.5) is 5.69 Å².